The first kappa shape index (κ1) is 30.2. The third-order valence-corrected chi connectivity index (χ3v) is 7.46. The topological polar surface area (TPSA) is 96.0 Å². The number of sulfonamides is 1. The van der Waals surface area contributed by atoms with Crippen LogP contribution in [0.3, 0.4) is 0 Å². The van der Waals surface area contributed by atoms with Gasteiger partial charge in [-0.2, -0.15) is 0 Å². The predicted octanol–water partition coefficient (Wildman–Crippen LogP) is 4.14. The Kier molecular flexibility index (Phi) is 11.9. The molecule has 0 unspecified atom stereocenters. The molecule has 0 saturated heterocycles. The van der Waals surface area contributed by atoms with Crippen molar-refractivity contribution in [2.75, 3.05) is 30.8 Å². The van der Waals surface area contributed by atoms with Gasteiger partial charge in [-0.1, -0.05) is 44.5 Å². The van der Waals surface area contributed by atoms with Gasteiger partial charge in [0.15, 0.2) is 0 Å². The molecule has 0 fully saturated rings. The molecule has 1 N–H and O–H groups in total. The van der Waals surface area contributed by atoms with E-state index in [4.69, 9.17) is 4.74 Å². The lowest BCUT2D eigenvalue weighted by molar-refractivity contribution is -0.140. The van der Waals surface area contributed by atoms with Crippen LogP contribution in [0.25, 0.3) is 0 Å². The number of rotatable bonds is 15. The first-order valence-electron chi connectivity index (χ1n) is 12.9. The maximum Gasteiger partial charge on any atom is 0.242 e. The molecule has 2 rings (SSSR count). The lowest BCUT2D eigenvalue weighted by Crippen LogP contribution is -2.48. The highest BCUT2D eigenvalue weighted by Gasteiger charge is 2.26. The van der Waals surface area contributed by atoms with E-state index in [-0.39, 0.29) is 31.3 Å². The van der Waals surface area contributed by atoms with E-state index < -0.39 is 16.1 Å². The normalized spacial score (nSPS) is 12.0. The highest BCUT2D eigenvalue weighted by molar-refractivity contribution is 7.92. The summed E-state index contributed by atoms with van der Waals surface area (Å²) < 4.78 is 31.6. The smallest absolute Gasteiger partial charge is 0.242 e. The lowest BCUT2D eigenvalue weighted by Gasteiger charge is -2.29. The average Bonchev–Trinajstić information content (AvgIpc) is 2.88. The summed E-state index contributed by atoms with van der Waals surface area (Å²) in [7, 11) is -1.95. The number of anilines is 1. The Labute approximate surface area is 222 Å². The van der Waals surface area contributed by atoms with E-state index in [2.05, 4.69) is 5.32 Å². The number of carbonyl (C=O) groups is 2. The molecule has 9 heteroatoms. The lowest BCUT2D eigenvalue weighted by atomic mass is 10.1. The van der Waals surface area contributed by atoms with Gasteiger partial charge < -0.3 is 15.0 Å². The second-order valence-electron chi connectivity index (χ2n) is 9.15. The van der Waals surface area contributed by atoms with Gasteiger partial charge in [-0.15, -0.1) is 0 Å². The Bertz CT molecular complexity index is 1120. The summed E-state index contributed by atoms with van der Waals surface area (Å²) in [6.07, 6.45) is 4.28. The summed E-state index contributed by atoms with van der Waals surface area (Å²) >= 11 is 0. The standard InChI is InChI=1S/C28H41N3O5S/c1-6-8-18-29-28(33)22(3)30(21-24-11-9-12-26(20-24)36-4)27(32)13-10-19-31(37(5,34)35)25-16-14-23(7-2)15-17-25/h9,11-12,14-17,20,22H,6-8,10,13,18-19,21H2,1-5H3,(H,29,33)/t22-/m1/s1. The van der Waals surface area contributed by atoms with Gasteiger partial charge in [-0.25, -0.2) is 8.42 Å². The van der Waals surface area contributed by atoms with Crippen molar-refractivity contribution in [2.45, 2.75) is 65.5 Å². The van der Waals surface area contributed by atoms with Crippen molar-refractivity contribution in [1.29, 1.82) is 0 Å². The van der Waals surface area contributed by atoms with E-state index in [1.54, 1.807) is 31.1 Å². The number of nitrogens with one attached hydrogen (secondary N) is 1. The number of unbranched alkanes of at least 4 members (excludes halogenated alkanes) is 1. The van der Waals surface area contributed by atoms with Crippen LogP contribution in [0.4, 0.5) is 5.69 Å². The van der Waals surface area contributed by atoms with E-state index in [0.29, 0.717) is 24.4 Å². The van der Waals surface area contributed by atoms with Crippen LogP contribution in [0, 0.1) is 0 Å². The molecule has 0 aliphatic heterocycles. The summed E-state index contributed by atoms with van der Waals surface area (Å²) in [4.78, 5) is 27.7. The van der Waals surface area contributed by atoms with Gasteiger partial charge in [0.25, 0.3) is 0 Å². The number of benzene rings is 2. The number of ether oxygens (including phenoxy) is 1. The maximum absolute atomic E-state index is 13.4. The van der Waals surface area contributed by atoms with Crippen molar-refractivity contribution in [3.05, 3.63) is 59.7 Å². The minimum absolute atomic E-state index is 0.107. The molecule has 0 bridgehead atoms. The van der Waals surface area contributed by atoms with Gasteiger partial charge in [0.1, 0.15) is 11.8 Å². The Morgan fingerprint density at radius 2 is 1.73 bits per heavy atom. The first-order valence-corrected chi connectivity index (χ1v) is 14.7. The molecule has 2 aromatic carbocycles. The van der Waals surface area contributed by atoms with Crippen LogP contribution in [-0.4, -0.2) is 57.6 Å². The molecule has 0 radical (unpaired) electrons. The molecular weight excluding hydrogens is 490 g/mol. The quantitative estimate of drug-likeness (QED) is 0.349. The van der Waals surface area contributed by atoms with Crippen LogP contribution in [0.2, 0.25) is 0 Å². The molecule has 8 nitrogen and oxygen atoms in total. The van der Waals surface area contributed by atoms with Gasteiger partial charge in [-0.05, 0) is 61.6 Å². The van der Waals surface area contributed by atoms with Gasteiger partial charge in [0.2, 0.25) is 21.8 Å². The molecule has 0 spiro atoms. The van der Waals surface area contributed by atoms with Crippen LogP contribution in [0.5, 0.6) is 5.75 Å². The van der Waals surface area contributed by atoms with Crippen molar-refractivity contribution in [3.8, 4) is 5.75 Å². The van der Waals surface area contributed by atoms with E-state index in [9.17, 15) is 18.0 Å². The number of methoxy groups -OCH3 is 1. The van der Waals surface area contributed by atoms with Crippen LogP contribution in [0.1, 0.15) is 57.6 Å². The van der Waals surface area contributed by atoms with Crippen molar-refractivity contribution >= 4 is 27.5 Å². The Balaban J connectivity index is 2.16. The monoisotopic (exact) mass is 531 g/mol. The zero-order valence-corrected chi connectivity index (χ0v) is 23.5. The second-order valence-corrected chi connectivity index (χ2v) is 11.1. The van der Waals surface area contributed by atoms with E-state index in [0.717, 1.165) is 30.4 Å². The first-order chi connectivity index (χ1) is 17.6. The fourth-order valence-corrected chi connectivity index (χ4v) is 4.95. The minimum Gasteiger partial charge on any atom is -0.497 e. The third kappa shape index (κ3) is 9.39. The highest BCUT2D eigenvalue weighted by Crippen LogP contribution is 2.21. The summed E-state index contributed by atoms with van der Waals surface area (Å²) in [5, 5.41) is 2.91. The van der Waals surface area contributed by atoms with Crippen LogP contribution in [0.15, 0.2) is 48.5 Å². The predicted molar refractivity (Wildman–Crippen MR) is 148 cm³/mol. The van der Waals surface area contributed by atoms with E-state index >= 15 is 0 Å². The number of hydrogen-bond acceptors (Lipinski definition) is 5. The van der Waals surface area contributed by atoms with E-state index in [1.165, 1.54) is 10.6 Å². The summed E-state index contributed by atoms with van der Waals surface area (Å²) in [6, 6.07) is 14.1. The largest absolute Gasteiger partial charge is 0.497 e. The summed E-state index contributed by atoms with van der Waals surface area (Å²) in [6.45, 7) is 6.77. The fourth-order valence-electron chi connectivity index (χ4n) is 3.99. The molecule has 204 valence electrons. The minimum atomic E-state index is -3.52. The van der Waals surface area contributed by atoms with Crippen molar-refractivity contribution < 1.29 is 22.7 Å². The molecule has 2 amide bonds. The van der Waals surface area contributed by atoms with Gasteiger partial charge >= 0.3 is 0 Å². The average molecular weight is 532 g/mol. The van der Waals surface area contributed by atoms with Gasteiger partial charge in [0.05, 0.1) is 19.1 Å². The Hall–Kier alpha value is -3.07. The van der Waals surface area contributed by atoms with Crippen molar-refractivity contribution in [1.82, 2.24) is 10.2 Å². The number of carbonyl (C=O) groups excluding carboxylic acids is 2. The number of hydrogen-bond donors (Lipinski definition) is 1. The number of nitrogens with zero attached hydrogens (tertiary/aromatic N) is 2. The fraction of sp³-hybridized carbons (Fsp3) is 0.500. The van der Waals surface area contributed by atoms with Crippen LogP contribution in [-0.2, 0) is 32.6 Å². The Morgan fingerprint density at radius 3 is 2.32 bits per heavy atom. The van der Waals surface area contributed by atoms with Crippen molar-refractivity contribution in [3.63, 3.8) is 0 Å². The molecule has 0 heterocycles. The molecule has 2 aromatic rings. The molecule has 0 saturated carbocycles. The van der Waals surface area contributed by atoms with Gasteiger partial charge in [-0.3, -0.25) is 13.9 Å². The molecule has 0 aromatic heterocycles. The number of aryl methyl sites for hydroxylation is 1. The van der Waals surface area contributed by atoms with Crippen LogP contribution >= 0.6 is 0 Å². The highest BCUT2D eigenvalue weighted by atomic mass is 32.2. The van der Waals surface area contributed by atoms with E-state index in [1.807, 2.05) is 50.2 Å². The molecule has 0 aliphatic rings. The zero-order chi connectivity index (χ0) is 27.4. The van der Waals surface area contributed by atoms with Crippen LogP contribution < -0.4 is 14.4 Å². The molecule has 0 aliphatic carbocycles. The SMILES string of the molecule is CCCCNC(=O)[C@@H](C)N(Cc1cccc(OC)c1)C(=O)CCCN(c1ccc(CC)cc1)S(C)(=O)=O. The Morgan fingerprint density at radius 1 is 1.03 bits per heavy atom. The van der Waals surface area contributed by atoms with Gasteiger partial charge in [0, 0.05) is 26.1 Å². The molecule has 1 atom stereocenters. The maximum atomic E-state index is 13.4. The zero-order valence-electron chi connectivity index (χ0n) is 22.7. The summed E-state index contributed by atoms with van der Waals surface area (Å²) in [5.41, 5.74) is 2.53. The molecule has 37 heavy (non-hydrogen) atoms. The van der Waals surface area contributed by atoms with Crippen molar-refractivity contribution in [2.24, 2.45) is 0 Å². The summed E-state index contributed by atoms with van der Waals surface area (Å²) in [5.74, 6) is 0.247. The second kappa shape index (κ2) is 14.6. The molecular formula is C28H41N3O5S. The number of amides is 2. The third-order valence-electron chi connectivity index (χ3n) is 6.27.